The zero-order valence-electron chi connectivity index (χ0n) is 13.3. The normalized spacial score (nSPS) is 18.0. The zero-order chi connectivity index (χ0) is 15.9. The second-order valence-corrected chi connectivity index (χ2v) is 5.61. The van der Waals surface area contributed by atoms with Crippen LogP contribution in [0, 0.1) is 13.8 Å². The summed E-state index contributed by atoms with van der Waals surface area (Å²) < 4.78 is 12.2. The predicted molar refractivity (Wildman–Crippen MR) is 78.7 cm³/mol. The average Bonchev–Trinajstić information content (AvgIpc) is 3.16. The summed E-state index contributed by atoms with van der Waals surface area (Å²) in [6.45, 7) is 4.42. The number of aryl methyl sites for hydroxylation is 3. The second kappa shape index (κ2) is 5.47. The molecule has 3 rings (SSSR count). The van der Waals surface area contributed by atoms with Crippen molar-refractivity contribution in [2.75, 3.05) is 13.7 Å². The summed E-state index contributed by atoms with van der Waals surface area (Å²) in [4.78, 5) is 14.5. The fourth-order valence-electron chi connectivity index (χ4n) is 3.20. The molecule has 0 N–H and O–H groups in total. The monoisotopic (exact) mass is 304 g/mol. The molecule has 0 spiro atoms. The van der Waals surface area contributed by atoms with Crippen molar-refractivity contribution in [1.82, 2.24) is 19.8 Å². The Morgan fingerprint density at radius 3 is 2.86 bits per heavy atom. The standard InChI is InChI=1S/C15H20N4O3/c1-9-8-11(17-22-9)14(20)19-7-5-6-12(19)13-10(2)16-18(3)15(13)21-4/h8,12H,5-7H2,1-4H3/t12-/m1/s1. The highest BCUT2D eigenvalue weighted by molar-refractivity contribution is 5.92. The first-order chi connectivity index (χ1) is 10.5. The maximum atomic E-state index is 12.7. The van der Waals surface area contributed by atoms with Crippen molar-refractivity contribution >= 4 is 5.91 Å². The van der Waals surface area contributed by atoms with E-state index in [0.717, 1.165) is 24.1 Å². The minimum Gasteiger partial charge on any atom is -0.481 e. The van der Waals surface area contributed by atoms with Crippen LogP contribution < -0.4 is 4.74 Å². The van der Waals surface area contributed by atoms with Gasteiger partial charge in [0.2, 0.25) is 5.88 Å². The van der Waals surface area contributed by atoms with E-state index in [0.29, 0.717) is 23.9 Å². The third kappa shape index (κ3) is 2.26. The highest BCUT2D eigenvalue weighted by Gasteiger charge is 2.36. The minimum absolute atomic E-state index is 0.0341. The summed E-state index contributed by atoms with van der Waals surface area (Å²) in [7, 11) is 3.47. The Morgan fingerprint density at radius 1 is 1.45 bits per heavy atom. The van der Waals surface area contributed by atoms with Crippen LogP contribution >= 0.6 is 0 Å². The maximum absolute atomic E-state index is 12.7. The first kappa shape index (κ1) is 14.6. The highest BCUT2D eigenvalue weighted by Crippen LogP contribution is 2.39. The van der Waals surface area contributed by atoms with Gasteiger partial charge < -0.3 is 14.2 Å². The lowest BCUT2D eigenvalue weighted by molar-refractivity contribution is 0.0723. The molecule has 0 bridgehead atoms. The van der Waals surface area contributed by atoms with E-state index in [1.807, 2.05) is 18.9 Å². The van der Waals surface area contributed by atoms with Crippen LogP contribution in [0.5, 0.6) is 5.88 Å². The molecule has 0 aliphatic carbocycles. The van der Waals surface area contributed by atoms with Crippen molar-refractivity contribution in [2.45, 2.75) is 32.7 Å². The molecule has 1 aliphatic rings. The lowest BCUT2D eigenvalue weighted by Crippen LogP contribution is -2.31. The van der Waals surface area contributed by atoms with Gasteiger partial charge >= 0.3 is 0 Å². The molecule has 7 nitrogen and oxygen atoms in total. The summed E-state index contributed by atoms with van der Waals surface area (Å²) in [5, 5.41) is 8.26. The van der Waals surface area contributed by atoms with Crippen molar-refractivity contribution in [2.24, 2.45) is 7.05 Å². The summed E-state index contributed by atoms with van der Waals surface area (Å²) in [6, 6.07) is 1.64. The van der Waals surface area contributed by atoms with E-state index in [-0.39, 0.29) is 11.9 Å². The number of rotatable bonds is 3. The number of hydrogen-bond donors (Lipinski definition) is 0. The molecule has 0 aromatic carbocycles. The summed E-state index contributed by atoms with van der Waals surface area (Å²) in [5.74, 6) is 1.23. The van der Waals surface area contributed by atoms with Crippen molar-refractivity contribution in [3.05, 3.63) is 28.8 Å². The summed E-state index contributed by atoms with van der Waals surface area (Å²) in [6.07, 6.45) is 1.84. The van der Waals surface area contributed by atoms with E-state index in [1.54, 1.807) is 24.8 Å². The van der Waals surface area contributed by atoms with Gasteiger partial charge in [0.05, 0.1) is 24.4 Å². The van der Waals surface area contributed by atoms with Crippen molar-refractivity contribution < 1.29 is 14.1 Å². The van der Waals surface area contributed by atoms with Gasteiger partial charge in [0.25, 0.3) is 5.91 Å². The average molecular weight is 304 g/mol. The van der Waals surface area contributed by atoms with E-state index in [1.165, 1.54) is 0 Å². The first-order valence-corrected chi connectivity index (χ1v) is 7.34. The molecular weight excluding hydrogens is 284 g/mol. The Labute approximate surface area is 128 Å². The van der Waals surface area contributed by atoms with E-state index in [4.69, 9.17) is 9.26 Å². The van der Waals surface area contributed by atoms with Gasteiger partial charge in [-0.15, -0.1) is 0 Å². The van der Waals surface area contributed by atoms with Crippen molar-refractivity contribution in [1.29, 1.82) is 0 Å². The molecule has 0 unspecified atom stereocenters. The van der Waals surface area contributed by atoms with Crippen LogP contribution in [0.2, 0.25) is 0 Å². The molecule has 2 aromatic heterocycles. The van der Waals surface area contributed by atoms with Gasteiger partial charge in [-0.3, -0.25) is 4.79 Å². The fourth-order valence-corrected chi connectivity index (χ4v) is 3.20. The summed E-state index contributed by atoms with van der Waals surface area (Å²) >= 11 is 0. The minimum atomic E-state index is -0.107. The number of methoxy groups -OCH3 is 1. The largest absolute Gasteiger partial charge is 0.481 e. The van der Waals surface area contributed by atoms with E-state index in [9.17, 15) is 4.79 Å². The molecule has 22 heavy (non-hydrogen) atoms. The number of carbonyl (C=O) groups excluding carboxylic acids is 1. The van der Waals surface area contributed by atoms with E-state index in [2.05, 4.69) is 10.3 Å². The lowest BCUT2D eigenvalue weighted by Gasteiger charge is -2.24. The van der Waals surface area contributed by atoms with E-state index >= 15 is 0 Å². The fraction of sp³-hybridized carbons (Fsp3) is 0.533. The van der Waals surface area contributed by atoms with Gasteiger partial charge in [0, 0.05) is 19.7 Å². The molecule has 1 atom stereocenters. The predicted octanol–water partition coefficient (Wildman–Crippen LogP) is 2.01. The van der Waals surface area contributed by atoms with Gasteiger partial charge in [-0.05, 0) is 26.7 Å². The van der Waals surface area contributed by atoms with Crippen LogP contribution in [0.3, 0.4) is 0 Å². The Kier molecular flexibility index (Phi) is 3.64. The third-order valence-corrected chi connectivity index (χ3v) is 4.10. The number of nitrogens with zero attached hydrogens (tertiary/aromatic N) is 4. The Hall–Kier alpha value is -2.31. The van der Waals surface area contributed by atoms with Gasteiger partial charge in [-0.2, -0.15) is 5.10 Å². The molecule has 118 valence electrons. The maximum Gasteiger partial charge on any atom is 0.276 e. The number of likely N-dealkylation sites (tertiary alicyclic amines) is 1. The topological polar surface area (TPSA) is 73.4 Å². The van der Waals surface area contributed by atoms with Crippen LogP contribution in [-0.4, -0.2) is 39.4 Å². The molecule has 1 saturated heterocycles. The van der Waals surface area contributed by atoms with Crippen LogP contribution in [0.25, 0.3) is 0 Å². The second-order valence-electron chi connectivity index (χ2n) is 5.61. The van der Waals surface area contributed by atoms with Crippen molar-refractivity contribution in [3.63, 3.8) is 0 Å². The highest BCUT2D eigenvalue weighted by atomic mass is 16.5. The van der Waals surface area contributed by atoms with Gasteiger partial charge in [0.15, 0.2) is 5.69 Å². The van der Waals surface area contributed by atoms with Crippen LogP contribution in [0.4, 0.5) is 0 Å². The number of aromatic nitrogens is 3. The Balaban J connectivity index is 1.95. The van der Waals surface area contributed by atoms with Crippen LogP contribution in [0.1, 0.15) is 46.4 Å². The third-order valence-electron chi connectivity index (χ3n) is 4.10. The van der Waals surface area contributed by atoms with Crippen LogP contribution in [0.15, 0.2) is 10.6 Å². The molecule has 1 fully saturated rings. The number of ether oxygens (including phenoxy) is 1. The molecule has 1 aliphatic heterocycles. The van der Waals surface area contributed by atoms with Gasteiger partial charge in [-0.1, -0.05) is 5.16 Å². The van der Waals surface area contributed by atoms with E-state index < -0.39 is 0 Å². The number of hydrogen-bond acceptors (Lipinski definition) is 5. The molecule has 3 heterocycles. The first-order valence-electron chi connectivity index (χ1n) is 7.34. The molecule has 1 amide bonds. The smallest absolute Gasteiger partial charge is 0.276 e. The SMILES string of the molecule is COc1c([C@H]2CCCN2C(=O)c2cc(C)on2)c(C)nn1C. The van der Waals surface area contributed by atoms with Crippen LogP contribution in [-0.2, 0) is 7.05 Å². The molecular formula is C15H20N4O3. The molecule has 2 aromatic rings. The number of amides is 1. The Morgan fingerprint density at radius 2 is 2.23 bits per heavy atom. The summed E-state index contributed by atoms with van der Waals surface area (Å²) in [5.41, 5.74) is 2.22. The lowest BCUT2D eigenvalue weighted by atomic mass is 10.0. The van der Waals surface area contributed by atoms with Gasteiger partial charge in [-0.25, -0.2) is 4.68 Å². The molecule has 7 heteroatoms. The molecule has 0 saturated carbocycles. The Bertz CT molecular complexity index is 704. The van der Waals surface area contributed by atoms with Gasteiger partial charge in [0.1, 0.15) is 5.76 Å². The zero-order valence-corrected chi connectivity index (χ0v) is 13.3. The van der Waals surface area contributed by atoms with Crippen molar-refractivity contribution in [3.8, 4) is 5.88 Å². The molecule has 0 radical (unpaired) electrons. The number of carbonyl (C=O) groups is 1. The quantitative estimate of drug-likeness (QED) is 0.867.